The number of thiazole rings is 1. The van der Waals surface area contributed by atoms with E-state index in [2.05, 4.69) is 15.0 Å². The molecule has 0 saturated carbocycles. The second-order valence-corrected chi connectivity index (χ2v) is 6.78. The summed E-state index contributed by atoms with van der Waals surface area (Å²) in [6, 6.07) is 11.2. The molecule has 0 bridgehead atoms. The van der Waals surface area contributed by atoms with Gasteiger partial charge in [0, 0.05) is 31.3 Å². The molecule has 0 aliphatic heterocycles. The van der Waals surface area contributed by atoms with Crippen molar-refractivity contribution < 1.29 is 9.90 Å². The van der Waals surface area contributed by atoms with Crippen molar-refractivity contribution in [2.45, 2.75) is 6.92 Å². The monoisotopic (exact) mass is 364 g/mol. The first-order valence-electron chi connectivity index (χ1n) is 8.00. The van der Waals surface area contributed by atoms with Gasteiger partial charge in [0.2, 0.25) is 5.91 Å². The lowest BCUT2D eigenvalue weighted by molar-refractivity contribution is -0.116. The third kappa shape index (κ3) is 2.72. The van der Waals surface area contributed by atoms with Crippen molar-refractivity contribution in [2.75, 3.05) is 11.9 Å². The van der Waals surface area contributed by atoms with Crippen LogP contribution in [0.2, 0.25) is 0 Å². The highest BCUT2D eigenvalue weighted by atomic mass is 32.1. The molecule has 0 saturated heterocycles. The Labute approximate surface area is 153 Å². The van der Waals surface area contributed by atoms with Gasteiger partial charge in [-0.2, -0.15) is 0 Å². The molecule has 7 heteroatoms. The Bertz CT molecular complexity index is 1140. The summed E-state index contributed by atoms with van der Waals surface area (Å²) in [6.07, 6.45) is 1.65. The lowest BCUT2D eigenvalue weighted by Gasteiger charge is -2.14. The fourth-order valence-electron chi connectivity index (χ4n) is 2.82. The first-order valence-corrected chi connectivity index (χ1v) is 8.88. The highest BCUT2D eigenvalue weighted by molar-refractivity contribution is 7.17. The van der Waals surface area contributed by atoms with Crippen molar-refractivity contribution >= 4 is 56.0 Å². The Morgan fingerprint density at radius 1 is 1.27 bits per heavy atom. The number of carbonyl (C=O) groups is 1. The van der Waals surface area contributed by atoms with Crippen LogP contribution < -0.4 is 4.90 Å². The third-order valence-corrected chi connectivity index (χ3v) is 5.19. The molecule has 2 N–H and O–H groups in total. The van der Waals surface area contributed by atoms with Gasteiger partial charge in [-0.15, -0.1) is 11.3 Å². The van der Waals surface area contributed by atoms with E-state index in [1.165, 1.54) is 18.3 Å². The van der Waals surface area contributed by atoms with Gasteiger partial charge in [0.1, 0.15) is 0 Å². The Balaban J connectivity index is 1.72. The molecule has 2 aromatic heterocycles. The number of aliphatic imine (C=N–C) groups is 1. The number of benzene rings is 2. The quantitative estimate of drug-likeness (QED) is 0.534. The van der Waals surface area contributed by atoms with Crippen molar-refractivity contribution in [3.63, 3.8) is 0 Å². The summed E-state index contributed by atoms with van der Waals surface area (Å²) in [5.74, 6) is 0.0520. The van der Waals surface area contributed by atoms with Crippen molar-refractivity contribution in [2.24, 2.45) is 4.99 Å². The summed E-state index contributed by atoms with van der Waals surface area (Å²) in [7, 11) is 1.73. The van der Waals surface area contributed by atoms with Crippen LogP contribution in [0.4, 0.5) is 11.4 Å². The van der Waals surface area contributed by atoms with Crippen LogP contribution in [0.3, 0.4) is 0 Å². The SMILES string of the molecule is CC(=O)N(C)c1ccc(N=Cc2c(O)[nH]c3ccc4ncsc4c23)cc1. The zero-order valence-electron chi connectivity index (χ0n) is 14.2. The molecule has 6 nitrogen and oxygen atoms in total. The van der Waals surface area contributed by atoms with Crippen LogP contribution in [-0.4, -0.2) is 34.2 Å². The molecule has 0 aliphatic rings. The number of aromatic hydroxyl groups is 1. The molecule has 2 aromatic carbocycles. The molecular weight excluding hydrogens is 348 g/mol. The van der Waals surface area contributed by atoms with Crippen molar-refractivity contribution in [3.8, 4) is 5.88 Å². The Morgan fingerprint density at radius 2 is 2.04 bits per heavy atom. The van der Waals surface area contributed by atoms with Crippen molar-refractivity contribution in [3.05, 3.63) is 47.5 Å². The number of amides is 1. The molecule has 0 unspecified atom stereocenters. The smallest absolute Gasteiger partial charge is 0.223 e. The van der Waals surface area contributed by atoms with Crippen molar-refractivity contribution in [1.82, 2.24) is 9.97 Å². The third-order valence-electron chi connectivity index (χ3n) is 4.33. The summed E-state index contributed by atoms with van der Waals surface area (Å²) in [5, 5.41) is 11.2. The van der Waals surface area contributed by atoms with Crippen LogP contribution in [0.15, 0.2) is 46.9 Å². The molecule has 0 aliphatic carbocycles. The van der Waals surface area contributed by atoms with Crippen LogP contribution in [0, 0.1) is 0 Å². The summed E-state index contributed by atoms with van der Waals surface area (Å²) >= 11 is 1.53. The van der Waals surface area contributed by atoms with E-state index >= 15 is 0 Å². The molecule has 130 valence electrons. The normalized spacial score (nSPS) is 11.6. The van der Waals surface area contributed by atoms with E-state index < -0.39 is 0 Å². The van der Waals surface area contributed by atoms with E-state index in [9.17, 15) is 9.90 Å². The average molecular weight is 364 g/mol. The van der Waals surface area contributed by atoms with Gasteiger partial charge in [0.05, 0.1) is 32.5 Å². The summed E-state index contributed by atoms with van der Waals surface area (Å²) in [6.45, 7) is 1.52. The van der Waals surface area contributed by atoms with Gasteiger partial charge in [-0.1, -0.05) is 0 Å². The predicted molar refractivity (Wildman–Crippen MR) is 106 cm³/mol. The molecule has 26 heavy (non-hydrogen) atoms. The maximum Gasteiger partial charge on any atom is 0.223 e. The van der Waals surface area contributed by atoms with Crippen molar-refractivity contribution in [1.29, 1.82) is 0 Å². The number of hydrogen-bond donors (Lipinski definition) is 2. The van der Waals surface area contributed by atoms with E-state index in [1.807, 2.05) is 36.4 Å². The number of fused-ring (bicyclic) bond motifs is 3. The van der Waals surface area contributed by atoms with Gasteiger partial charge in [-0.3, -0.25) is 9.79 Å². The fraction of sp³-hybridized carbons (Fsp3) is 0.105. The predicted octanol–water partition coefficient (Wildman–Crippen LogP) is 4.22. The second kappa shape index (κ2) is 6.27. The lowest BCUT2D eigenvalue weighted by Crippen LogP contribution is -2.22. The van der Waals surface area contributed by atoms with E-state index in [1.54, 1.807) is 23.7 Å². The molecule has 0 radical (unpaired) electrons. The number of aromatic amines is 1. The van der Waals surface area contributed by atoms with Crippen LogP contribution in [-0.2, 0) is 4.79 Å². The van der Waals surface area contributed by atoms with Gasteiger partial charge in [-0.25, -0.2) is 4.98 Å². The molecule has 0 atom stereocenters. The van der Waals surface area contributed by atoms with Crippen LogP contribution in [0.25, 0.3) is 21.1 Å². The molecule has 1 amide bonds. The summed E-state index contributed by atoms with van der Waals surface area (Å²) in [4.78, 5) is 24.8. The minimum atomic E-state index is -0.0291. The first-order chi connectivity index (χ1) is 12.5. The molecule has 0 fully saturated rings. The number of aromatic nitrogens is 2. The van der Waals surface area contributed by atoms with Crippen LogP contribution >= 0.6 is 11.3 Å². The van der Waals surface area contributed by atoms with Crippen LogP contribution in [0.5, 0.6) is 5.88 Å². The number of nitrogens with one attached hydrogen (secondary N) is 1. The number of nitrogens with zero attached hydrogens (tertiary/aromatic N) is 3. The van der Waals surface area contributed by atoms with E-state index in [0.717, 1.165) is 32.5 Å². The second-order valence-electron chi connectivity index (χ2n) is 5.93. The highest BCUT2D eigenvalue weighted by Gasteiger charge is 2.13. The number of carbonyl (C=O) groups excluding carboxylic acids is 1. The standard InChI is InChI=1S/C19H16N4O2S/c1-11(24)23(2)13-5-3-12(4-6-13)20-9-14-17-15(22-19(14)25)7-8-16-18(17)26-10-21-16/h3-10,22,25H,1-2H3. The number of rotatable bonds is 3. The molecular formula is C19H16N4O2S. The fourth-order valence-corrected chi connectivity index (χ4v) is 3.67. The minimum Gasteiger partial charge on any atom is -0.494 e. The van der Waals surface area contributed by atoms with E-state index in [0.29, 0.717) is 5.56 Å². The number of hydrogen-bond acceptors (Lipinski definition) is 5. The van der Waals surface area contributed by atoms with Crippen LogP contribution in [0.1, 0.15) is 12.5 Å². The Morgan fingerprint density at radius 3 is 2.77 bits per heavy atom. The molecule has 4 aromatic rings. The zero-order chi connectivity index (χ0) is 18.3. The maximum absolute atomic E-state index is 11.4. The van der Waals surface area contributed by atoms with Gasteiger partial charge in [-0.05, 0) is 36.4 Å². The van der Waals surface area contributed by atoms with Gasteiger partial charge in [0.25, 0.3) is 0 Å². The Hall–Kier alpha value is -3.19. The average Bonchev–Trinajstić information content (AvgIpc) is 3.23. The first kappa shape index (κ1) is 16.3. The Kier molecular flexibility index (Phi) is 3.93. The van der Waals surface area contributed by atoms with E-state index in [4.69, 9.17) is 0 Å². The molecule has 4 rings (SSSR count). The largest absolute Gasteiger partial charge is 0.494 e. The van der Waals surface area contributed by atoms with Gasteiger partial charge >= 0.3 is 0 Å². The van der Waals surface area contributed by atoms with Gasteiger partial charge in [0.15, 0.2) is 5.88 Å². The molecule has 0 spiro atoms. The summed E-state index contributed by atoms with van der Waals surface area (Å²) < 4.78 is 1.01. The number of H-pyrrole nitrogens is 1. The number of anilines is 1. The van der Waals surface area contributed by atoms with Gasteiger partial charge < -0.3 is 15.0 Å². The zero-order valence-corrected chi connectivity index (χ0v) is 15.0. The lowest BCUT2D eigenvalue weighted by atomic mass is 10.1. The summed E-state index contributed by atoms with van der Waals surface area (Å²) in [5.41, 5.74) is 5.71. The highest BCUT2D eigenvalue weighted by Crippen LogP contribution is 2.34. The minimum absolute atomic E-state index is 0.0291. The topological polar surface area (TPSA) is 81.6 Å². The molecule has 2 heterocycles. The maximum atomic E-state index is 11.4. The van der Waals surface area contributed by atoms with E-state index in [-0.39, 0.29) is 11.8 Å².